The van der Waals surface area contributed by atoms with E-state index in [-0.39, 0.29) is 29.2 Å². The number of hydrogen-bond donors (Lipinski definition) is 0. The van der Waals surface area contributed by atoms with Gasteiger partial charge in [0, 0.05) is 5.56 Å². The SMILES string of the molecule is CCCCOc1ccc(COC2CCC(c3ccc(-c4ccc(OCCC)cc4)c(F)c3F)CC2)cc1F. The molecule has 204 valence electrons. The second-order valence-corrected chi connectivity index (χ2v) is 9.95. The van der Waals surface area contributed by atoms with Crippen molar-refractivity contribution in [2.75, 3.05) is 13.2 Å². The Morgan fingerprint density at radius 3 is 2.21 bits per heavy atom. The maximum absolute atomic E-state index is 15.1. The Hall–Kier alpha value is -2.99. The van der Waals surface area contributed by atoms with Crippen molar-refractivity contribution in [1.82, 2.24) is 0 Å². The van der Waals surface area contributed by atoms with Crippen molar-refractivity contribution in [1.29, 1.82) is 0 Å². The zero-order valence-electron chi connectivity index (χ0n) is 22.3. The monoisotopic (exact) mass is 526 g/mol. The van der Waals surface area contributed by atoms with Crippen LogP contribution in [0.5, 0.6) is 11.5 Å². The molecule has 4 rings (SSSR count). The van der Waals surface area contributed by atoms with Gasteiger partial charge in [-0.25, -0.2) is 13.2 Å². The van der Waals surface area contributed by atoms with Crippen LogP contribution >= 0.6 is 0 Å². The summed E-state index contributed by atoms with van der Waals surface area (Å²) in [5.74, 6) is -1.04. The van der Waals surface area contributed by atoms with Crippen molar-refractivity contribution in [2.45, 2.75) is 77.4 Å². The zero-order chi connectivity index (χ0) is 26.9. The van der Waals surface area contributed by atoms with Crippen molar-refractivity contribution in [3.05, 3.63) is 83.2 Å². The molecule has 1 aliphatic carbocycles. The van der Waals surface area contributed by atoms with Crippen molar-refractivity contribution < 1.29 is 27.4 Å². The molecule has 0 atom stereocenters. The van der Waals surface area contributed by atoms with Crippen LogP contribution in [-0.4, -0.2) is 19.3 Å². The van der Waals surface area contributed by atoms with Gasteiger partial charge in [0.15, 0.2) is 23.2 Å². The fourth-order valence-electron chi connectivity index (χ4n) is 4.89. The summed E-state index contributed by atoms with van der Waals surface area (Å²) in [7, 11) is 0. The summed E-state index contributed by atoms with van der Waals surface area (Å²) in [6.07, 6.45) is 5.70. The van der Waals surface area contributed by atoms with Crippen LogP contribution in [0, 0.1) is 17.5 Å². The quantitative estimate of drug-likeness (QED) is 0.220. The van der Waals surface area contributed by atoms with E-state index in [0.29, 0.717) is 49.5 Å². The van der Waals surface area contributed by atoms with Gasteiger partial charge < -0.3 is 14.2 Å². The fraction of sp³-hybridized carbons (Fsp3) is 0.438. The summed E-state index contributed by atoms with van der Waals surface area (Å²) in [6.45, 7) is 5.51. The Morgan fingerprint density at radius 2 is 1.53 bits per heavy atom. The van der Waals surface area contributed by atoms with Gasteiger partial charge in [0.25, 0.3) is 0 Å². The van der Waals surface area contributed by atoms with Gasteiger partial charge in [-0.1, -0.05) is 50.6 Å². The highest BCUT2D eigenvalue weighted by Gasteiger charge is 2.27. The molecule has 0 bridgehead atoms. The van der Waals surface area contributed by atoms with Crippen LogP contribution in [-0.2, 0) is 11.3 Å². The third-order valence-electron chi connectivity index (χ3n) is 7.10. The predicted octanol–water partition coefficient (Wildman–Crippen LogP) is 8.98. The molecule has 1 saturated carbocycles. The molecule has 0 radical (unpaired) electrons. The first-order valence-corrected chi connectivity index (χ1v) is 13.7. The molecule has 3 nitrogen and oxygen atoms in total. The standard InChI is InChI=1S/C32H37F3O3/c1-3-5-19-37-30-17-6-22(20-29(30)33)21-38-26-13-9-24(10-14-26)28-16-15-27(31(34)32(28)35)23-7-11-25(12-8-23)36-18-4-2/h6-8,11-12,15-17,20,24,26H,3-5,9-10,13-14,18-19,21H2,1-2H3. The molecule has 38 heavy (non-hydrogen) atoms. The van der Waals surface area contributed by atoms with Crippen LogP contribution in [0.1, 0.15) is 75.8 Å². The highest BCUT2D eigenvalue weighted by atomic mass is 19.2. The molecule has 0 amide bonds. The third kappa shape index (κ3) is 7.10. The van der Waals surface area contributed by atoms with Crippen LogP contribution in [0.3, 0.4) is 0 Å². The highest BCUT2D eigenvalue weighted by molar-refractivity contribution is 5.65. The molecule has 0 aromatic heterocycles. The smallest absolute Gasteiger partial charge is 0.166 e. The Balaban J connectivity index is 1.31. The van der Waals surface area contributed by atoms with E-state index in [1.165, 1.54) is 6.07 Å². The molecule has 6 heteroatoms. The first-order valence-electron chi connectivity index (χ1n) is 13.7. The van der Waals surface area contributed by atoms with Crippen LogP contribution in [0.15, 0.2) is 54.6 Å². The van der Waals surface area contributed by atoms with Gasteiger partial charge in [-0.15, -0.1) is 0 Å². The van der Waals surface area contributed by atoms with Crippen molar-refractivity contribution >= 4 is 0 Å². The van der Waals surface area contributed by atoms with Gasteiger partial charge >= 0.3 is 0 Å². The molecule has 1 fully saturated rings. The van der Waals surface area contributed by atoms with E-state index in [1.807, 2.05) is 13.0 Å². The number of hydrogen-bond acceptors (Lipinski definition) is 3. The fourth-order valence-corrected chi connectivity index (χ4v) is 4.89. The Morgan fingerprint density at radius 1 is 0.763 bits per heavy atom. The largest absolute Gasteiger partial charge is 0.494 e. The number of benzene rings is 3. The maximum Gasteiger partial charge on any atom is 0.166 e. The van der Waals surface area contributed by atoms with Gasteiger partial charge in [-0.2, -0.15) is 0 Å². The third-order valence-corrected chi connectivity index (χ3v) is 7.10. The molecule has 1 aliphatic rings. The summed E-state index contributed by atoms with van der Waals surface area (Å²) in [6, 6.07) is 15.4. The molecule has 0 saturated heterocycles. The predicted molar refractivity (Wildman–Crippen MR) is 144 cm³/mol. The molecular formula is C32H37F3O3. The van der Waals surface area contributed by atoms with Crippen molar-refractivity contribution in [2.24, 2.45) is 0 Å². The van der Waals surface area contributed by atoms with Gasteiger partial charge in [0.2, 0.25) is 0 Å². The molecule has 3 aromatic rings. The minimum atomic E-state index is -0.813. The normalized spacial score (nSPS) is 17.4. The van der Waals surface area contributed by atoms with Gasteiger partial charge in [-0.3, -0.25) is 0 Å². The summed E-state index contributed by atoms with van der Waals surface area (Å²) in [5, 5.41) is 0. The average Bonchev–Trinajstić information content (AvgIpc) is 2.94. The maximum atomic E-state index is 15.1. The number of unbranched alkanes of at least 4 members (excludes halogenated alkanes) is 1. The molecule has 3 aromatic carbocycles. The van der Waals surface area contributed by atoms with Crippen LogP contribution < -0.4 is 9.47 Å². The topological polar surface area (TPSA) is 27.7 Å². The lowest BCUT2D eigenvalue weighted by Gasteiger charge is -2.29. The highest BCUT2D eigenvalue weighted by Crippen LogP contribution is 2.38. The average molecular weight is 527 g/mol. The second kappa shape index (κ2) is 13.7. The van der Waals surface area contributed by atoms with E-state index in [1.54, 1.807) is 42.5 Å². The summed E-state index contributed by atoms with van der Waals surface area (Å²) < 4.78 is 61.6. The zero-order valence-corrected chi connectivity index (χ0v) is 22.3. The Bertz CT molecular complexity index is 1170. The summed E-state index contributed by atoms with van der Waals surface area (Å²) in [5.41, 5.74) is 2.04. The van der Waals surface area contributed by atoms with E-state index < -0.39 is 11.6 Å². The van der Waals surface area contributed by atoms with Gasteiger partial charge in [0.1, 0.15) is 5.75 Å². The number of halogens is 3. The molecule has 0 spiro atoms. The minimum Gasteiger partial charge on any atom is -0.494 e. The number of ether oxygens (including phenoxy) is 3. The van der Waals surface area contributed by atoms with E-state index in [2.05, 4.69) is 6.92 Å². The molecule has 0 aliphatic heterocycles. The van der Waals surface area contributed by atoms with Crippen LogP contribution in [0.25, 0.3) is 11.1 Å². The van der Waals surface area contributed by atoms with Crippen LogP contribution in [0.4, 0.5) is 13.2 Å². The minimum absolute atomic E-state index is 0.00964. The Labute approximate surface area is 223 Å². The van der Waals surface area contributed by atoms with Crippen molar-refractivity contribution in [3.8, 4) is 22.6 Å². The van der Waals surface area contributed by atoms with Gasteiger partial charge in [-0.05, 0) is 85.4 Å². The molecule has 0 unspecified atom stereocenters. The van der Waals surface area contributed by atoms with Gasteiger partial charge in [0.05, 0.1) is 25.9 Å². The van der Waals surface area contributed by atoms with E-state index >= 15 is 8.78 Å². The van der Waals surface area contributed by atoms with E-state index in [4.69, 9.17) is 14.2 Å². The van der Waals surface area contributed by atoms with E-state index in [9.17, 15) is 4.39 Å². The lowest BCUT2D eigenvalue weighted by atomic mass is 9.82. The molecule has 0 N–H and O–H groups in total. The first kappa shape index (κ1) is 28.0. The molecular weight excluding hydrogens is 489 g/mol. The van der Waals surface area contributed by atoms with E-state index in [0.717, 1.165) is 37.7 Å². The van der Waals surface area contributed by atoms with Crippen molar-refractivity contribution in [3.63, 3.8) is 0 Å². The number of rotatable bonds is 12. The Kier molecular flexibility index (Phi) is 10.1. The first-order chi connectivity index (χ1) is 18.5. The molecule has 0 heterocycles. The summed E-state index contributed by atoms with van der Waals surface area (Å²) in [4.78, 5) is 0. The van der Waals surface area contributed by atoms with Crippen LogP contribution in [0.2, 0.25) is 0 Å². The summed E-state index contributed by atoms with van der Waals surface area (Å²) >= 11 is 0. The lowest BCUT2D eigenvalue weighted by molar-refractivity contribution is 0.0130. The lowest BCUT2D eigenvalue weighted by Crippen LogP contribution is -2.21. The second-order valence-electron chi connectivity index (χ2n) is 9.95.